The van der Waals surface area contributed by atoms with Crippen LogP contribution in [0.1, 0.15) is 24.1 Å². The number of nitrogens with one attached hydrogen (secondary N) is 2. The molecule has 3 N–H and O–H groups in total. The van der Waals surface area contributed by atoms with E-state index in [2.05, 4.69) is 30.6 Å². The van der Waals surface area contributed by atoms with E-state index in [0.717, 1.165) is 28.9 Å². The molecule has 178 valence electrons. The lowest BCUT2D eigenvalue weighted by Gasteiger charge is -2.18. The molecule has 9 heteroatoms. The van der Waals surface area contributed by atoms with E-state index < -0.39 is 6.09 Å². The van der Waals surface area contributed by atoms with Gasteiger partial charge in [0.2, 0.25) is 5.95 Å². The van der Waals surface area contributed by atoms with Crippen LogP contribution in [0.3, 0.4) is 0 Å². The third kappa shape index (κ3) is 6.29. The summed E-state index contributed by atoms with van der Waals surface area (Å²) in [7, 11) is 1.90. The van der Waals surface area contributed by atoms with Gasteiger partial charge in [-0.3, -0.25) is 0 Å². The standard InChI is InChI=1S/C26H27N7O2/c1-18(30-26(34)35)21-10-6-7-19(17-21)11-14-28-25-29-16-13-23(32-25)33(2)22-12-15-27-24(31-22)20-8-4-3-5-9-20/h3-10,12-13,15-18,30H,11,14H2,1-2H3,(H,34,35)(H,28,29,32). The molecule has 0 fully saturated rings. The number of carboxylic acid groups (broad SMARTS) is 1. The van der Waals surface area contributed by atoms with E-state index in [9.17, 15) is 4.79 Å². The highest BCUT2D eigenvalue weighted by Crippen LogP contribution is 2.23. The summed E-state index contributed by atoms with van der Waals surface area (Å²) in [6, 6.07) is 21.1. The summed E-state index contributed by atoms with van der Waals surface area (Å²) in [5.74, 6) is 2.60. The number of rotatable bonds is 9. The fourth-order valence-electron chi connectivity index (χ4n) is 3.61. The SMILES string of the molecule is CC(NC(=O)O)c1cccc(CCNc2nccc(N(C)c3ccnc(-c4ccccc4)n3)n2)c1. The summed E-state index contributed by atoms with van der Waals surface area (Å²) in [6.45, 7) is 2.45. The van der Waals surface area contributed by atoms with Crippen LogP contribution >= 0.6 is 0 Å². The van der Waals surface area contributed by atoms with E-state index in [1.165, 1.54) is 0 Å². The first-order valence-corrected chi connectivity index (χ1v) is 11.3. The minimum atomic E-state index is -1.04. The Balaban J connectivity index is 1.40. The van der Waals surface area contributed by atoms with E-state index in [-0.39, 0.29) is 6.04 Å². The molecule has 0 aliphatic rings. The van der Waals surface area contributed by atoms with Gasteiger partial charge in [0.15, 0.2) is 5.82 Å². The molecule has 1 unspecified atom stereocenters. The number of hydrogen-bond donors (Lipinski definition) is 3. The van der Waals surface area contributed by atoms with Crippen LogP contribution in [-0.2, 0) is 6.42 Å². The number of carbonyl (C=O) groups is 1. The van der Waals surface area contributed by atoms with Gasteiger partial charge in [0.05, 0.1) is 6.04 Å². The Morgan fingerprint density at radius 3 is 2.49 bits per heavy atom. The van der Waals surface area contributed by atoms with Crippen molar-refractivity contribution < 1.29 is 9.90 Å². The second kappa shape index (κ2) is 11.1. The highest BCUT2D eigenvalue weighted by Gasteiger charge is 2.11. The van der Waals surface area contributed by atoms with Gasteiger partial charge in [0, 0.05) is 31.5 Å². The first-order valence-electron chi connectivity index (χ1n) is 11.3. The molecule has 1 amide bonds. The molecule has 0 aliphatic heterocycles. The summed E-state index contributed by atoms with van der Waals surface area (Å²) in [6.07, 6.45) is 3.15. The highest BCUT2D eigenvalue weighted by molar-refractivity contribution is 5.65. The molecule has 0 saturated heterocycles. The summed E-state index contributed by atoms with van der Waals surface area (Å²) in [5, 5.41) is 14.7. The average molecular weight is 470 g/mol. The molecule has 2 aromatic carbocycles. The van der Waals surface area contributed by atoms with Gasteiger partial charge < -0.3 is 20.6 Å². The van der Waals surface area contributed by atoms with E-state index >= 15 is 0 Å². The smallest absolute Gasteiger partial charge is 0.405 e. The Morgan fingerprint density at radius 1 is 0.971 bits per heavy atom. The van der Waals surface area contributed by atoms with Crippen LogP contribution < -0.4 is 15.5 Å². The number of anilines is 3. The zero-order chi connectivity index (χ0) is 24.6. The van der Waals surface area contributed by atoms with Crippen LogP contribution in [0.15, 0.2) is 79.1 Å². The Kier molecular flexibility index (Phi) is 7.47. The van der Waals surface area contributed by atoms with Crippen molar-refractivity contribution in [1.29, 1.82) is 0 Å². The molecule has 1 atom stereocenters. The molecule has 4 aromatic rings. The van der Waals surface area contributed by atoms with Gasteiger partial charge in [-0.2, -0.15) is 4.98 Å². The Labute approximate surface area is 203 Å². The Hall–Kier alpha value is -4.53. The van der Waals surface area contributed by atoms with Crippen molar-refractivity contribution in [2.45, 2.75) is 19.4 Å². The predicted molar refractivity (Wildman–Crippen MR) is 136 cm³/mol. The Morgan fingerprint density at radius 2 is 1.71 bits per heavy atom. The van der Waals surface area contributed by atoms with Gasteiger partial charge in [-0.15, -0.1) is 0 Å². The van der Waals surface area contributed by atoms with Crippen LogP contribution in [0.5, 0.6) is 0 Å². The first-order chi connectivity index (χ1) is 17.0. The van der Waals surface area contributed by atoms with Crippen LogP contribution in [0, 0.1) is 0 Å². The number of hydrogen-bond acceptors (Lipinski definition) is 7. The fraction of sp³-hybridized carbons (Fsp3) is 0.192. The maximum Gasteiger partial charge on any atom is 0.405 e. The van der Waals surface area contributed by atoms with Crippen molar-refractivity contribution in [3.8, 4) is 11.4 Å². The van der Waals surface area contributed by atoms with Crippen LogP contribution in [0.25, 0.3) is 11.4 Å². The van der Waals surface area contributed by atoms with E-state index in [4.69, 9.17) is 5.11 Å². The van der Waals surface area contributed by atoms with Crippen molar-refractivity contribution >= 4 is 23.7 Å². The molecular formula is C26H27N7O2. The molecule has 0 spiro atoms. The van der Waals surface area contributed by atoms with E-state index in [1.807, 2.05) is 85.6 Å². The monoisotopic (exact) mass is 469 g/mol. The molecule has 0 bridgehead atoms. The predicted octanol–water partition coefficient (Wildman–Crippen LogP) is 4.68. The molecular weight excluding hydrogens is 442 g/mol. The van der Waals surface area contributed by atoms with Crippen molar-refractivity contribution in [3.63, 3.8) is 0 Å². The van der Waals surface area contributed by atoms with Crippen LogP contribution in [0.2, 0.25) is 0 Å². The lowest BCUT2D eigenvalue weighted by molar-refractivity contribution is 0.191. The van der Waals surface area contributed by atoms with Gasteiger partial charge in [-0.05, 0) is 36.6 Å². The van der Waals surface area contributed by atoms with Gasteiger partial charge in [-0.1, -0.05) is 54.6 Å². The first kappa shape index (κ1) is 23.6. The summed E-state index contributed by atoms with van der Waals surface area (Å²) < 4.78 is 0. The molecule has 0 saturated carbocycles. The van der Waals surface area contributed by atoms with E-state index in [1.54, 1.807) is 12.4 Å². The minimum Gasteiger partial charge on any atom is -0.465 e. The average Bonchev–Trinajstić information content (AvgIpc) is 2.89. The van der Waals surface area contributed by atoms with E-state index in [0.29, 0.717) is 24.1 Å². The lowest BCUT2D eigenvalue weighted by atomic mass is 10.0. The Bertz CT molecular complexity index is 1280. The summed E-state index contributed by atoms with van der Waals surface area (Å²) in [4.78, 5) is 30.8. The zero-order valence-electron chi connectivity index (χ0n) is 19.6. The number of nitrogens with zero attached hydrogens (tertiary/aromatic N) is 5. The van der Waals surface area contributed by atoms with Crippen molar-refractivity contribution in [2.24, 2.45) is 0 Å². The van der Waals surface area contributed by atoms with Gasteiger partial charge in [0.25, 0.3) is 0 Å². The molecule has 0 radical (unpaired) electrons. The minimum absolute atomic E-state index is 0.278. The third-order valence-corrected chi connectivity index (χ3v) is 5.49. The van der Waals surface area contributed by atoms with Crippen LogP contribution in [0.4, 0.5) is 22.4 Å². The summed E-state index contributed by atoms with van der Waals surface area (Å²) in [5.41, 5.74) is 2.96. The molecule has 2 aromatic heterocycles. The molecule has 35 heavy (non-hydrogen) atoms. The second-order valence-electron chi connectivity index (χ2n) is 7.99. The number of aromatic nitrogens is 4. The number of amides is 1. The van der Waals surface area contributed by atoms with Crippen molar-refractivity contribution in [1.82, 2.24) is 25.3 Å². The largest absolute Gasteiger partial charge is 0.465 e. The fourth-order valence-corrected chi connectivity index (χ4v) is 3.61. The van der Waals surface area contributed by atoms with Crippen LogP contribution in [-0.4, -0.2) is 44.7 Å². The van der Waals surface area contributed by atoms with Gasteiger partial charge >= 0.3 is 6.09 Å². The normalized spacial score (nSPS) is 11.5. The second-order valence-corrected chi connectivity index (χ2v) is 7.99. The third-order valence-electron chi connectivity index (χ3n) is 5.49. The maximum absolute atomic E-state index is 10.9. The van der Waals surface area contributed by atoms with Crippen molar-refractivity contribution in [2.75, 3.05) is 23.8 Å². The molecule has 2 heterocycles. The number of benzene rings is 2. The summed E-state index contributed by atoms with van der Waals surface area (Å²) >= 11 is 0. The molecule has 4 rings (SSSR count). The molecule has 9 nitrogen and oxygen atoms in total. The van der Waals surface area contributed by atoms with Crippen molar-refractivity contribution in [3.05, 3.63) is 90.3 Å². The maximum atomic E-state index is 10.9. The van der Waals surface area contributed by atoms with Gasteiger partial charge in [0.1, 0.15) is 11.6 Å². The lowest BCUT2D eigenvalue weighted by Crippen LogP contribution is -2.24. The topological polar surface area (TPSA) is 116 Å². The highest BCUT2D eigenvalue weighted by atomic mass is 16.4. The molecule has 0 aliphatic carbocycles. The quantitative estimate of drug-likeness (QED) is 0.323. The zero-order valence-corrected chi connectivity index (χ0v) is 19.6. The van der Waals surface area contributed by atoms with Gasteiger partial charge in [-0.25, -0.2) is 19.7 Å².